The van der Waals surface area contributed by atoms with Crippen LogP contribution in [-0.4, -0.2) is 46.9 Å². The molecule has 0 unspecified atom stereocenters. The first-order valence-electron chi connectivity index (χ1n) is 8.16. The summed E-state index contributed by atoms with van der Waals surface area (Å²) >= 11 is 0. The predicted octanol–water partition coefficient (Wildman–Crippen LogP) is 2.36. The van der Waals surface area contributed by atoms with E-state index in [4.69, 9.17) is 5.11 Å². The van der Waals surface area contributed by atoms with Crippen LogP contribution in [0.4, 0.5) is 0 Å². The Hall–Kier alpha value is -2.61. The normalized spacial score (nSPS) is 11.5. The molecule has 7 nitrogen and oxygen atoms in total. The monoisotopic (exact) mass is 378 g/mol. The number of amides is 1. The highest BCUT2D eigenvalue weighted by molar-refractivity contribution is 7.90. The van der Waals surface area contributed by atoms with Crippen molar-refractivity contribution in [3.05, 3.63) is 53.9 Å². The predicted molar refractivity (Wildman–Crippen MR) is 96.6 cm³/mol. The highest BCUT2D eigenvalue weighted by Crippen LogP contribution is 2.17. The van der Waals surface area contributed by atoms with Crippen LogP contribution >= 0.6 is 0 Å². The van der Waals surface area contributed by atoms with Crippen molar-refractivity contribution < 1.29 is 23.1 Å². The average Bonchev–Trinajstić information content (AvgIpc) is 3.05. The Morgan fingerprint density at radius 2 is 1.77 bits per heavy atom. The van der Waals surface area contributed by atoms with Crippen LogP contribution in [-0.2, 0) is 14.8 Å². The number of carboxylic acids is 1. The summed E-state index contributed by atoms with van der Waals surface area (Å²) in [5.41, 5.74) is 1.14. The second-order valence-corrected chi connectivity index (χ2v) is 8.13. The molecule has 8 heteroatoms. The minimum absolute atomic E-state index is 0.0573. The lowest BCUT2D eigenvalue weighted by atomic mass is 10.2. The molecule has 0 aliphatic rings. The van der Waals surface area contributed by atoms with Crippen molar-refractivity contribution in [2.45, 2.75) is 38.1 Å². The summed E-state index contributed by atoms with van der Waals surface area (Å²) in [7, 11) is -3.79. The molecule has 1 aromatic heterocycles. The first kappa shape index (κ1) is 19.7. The number of carboxylic acid groups (broad SMARTS) is 1. The fourth-order valence-electron chi connectivity index (χ4n) is 2.46. The van der Waals surface area contributed by atoms with Gasteiger partial charge < -0.3 is 10.0 Å². The van der Waals surface area contributed by atoms with Gasteiger partial charge >= 0.3 is 5.97 Å². The minimum Gasteiger partial charge on any atom is -0.481 e. The molecule has 0 bridgehead atoms. The maximum absolute atomic E-state index is 12.7. The molecule has 1 N–H and O–H groups in total. The van der Waals surface area contributed by atoms with Crippen molar-refractivity contribution in [1.82, 2.24) is 8.87 Å². The van der Waals surface area contributed by atoms with Crippen LogP contribution in [0.25, 0.3) is 0 Å². The van der Waals surface area contributed by atoms with Gasteiger partial charge in [0.15, 0.2) is 0 Å². The van der Waals surface area contributed by atoms with Gasteiger partial charge in [-0.2, -0.15) is 0 Å². The maximum atomic E-state index is 12.7. The zero-order valence-electron chi connectivity index (χ0n) is 14.9. The third-order valence-corrected chi connectivity index (χ3v) is 5.61. The number of hydrogen-bond donors (Lipinski definition) is 1. The molecule has 2 rings (SSSR count). The van der Waals surface area contributed by atoms with Gasteiger partial charge in [-0.1, -0.05) is 17.7 Å². The average molecular weight is 378 g/mol. The van der Waals surface area contributed by atoms with Crippen LogP contribution in [0.2, 0.25) is 0 Å². The number of aromatic nitrogens is 1. The van der Waals surface area contributed by atoms with Gasteiger partial charge in [-0.25, -0.2) is 12.4 Å². The number of rotatable bonds is 7. The highest BCUT2D eigenvalue weighted by atomic mass is 32.2. The molecule has 1 amide bonds. The molecule has 140 valence electrons. The van der Waals surface area contributed by atoms with Crippen molar-refractivity contribution in [3.8, 4) is 0 Å². The van der Waals surface area contributed by atoms with Crippen LogP contribution in [0.15, 0.2) is 47.6 Å². The Labute approximate surface area is 152 Å². The number of benzene rings is 1. The quantitative estimate of drug-likeness (QED) is 0.798. The first-order valence-corrected chi connectivity index (χ1v) is 9.60. The third kappa shape index (κ3) is 4.32. The van der Waals surface area contributed by atoms with Crippen molar-refractivity contribution in [3.63, 3.8) is 0 Å². The van der Waals surface area contributed by atoms with E-state index in [9.17, 15) is 18.0 Å². The number of carbonyl (C=O) groups is 2. The molecule has 1 aromatic carbocycles. The summed E-state index contributed by atoms with van der Waals surface area (Å²) in [6.07, 6.45) is 2.40. The Morgan fingerprint density at radius 3 is 2.31 bits per heavy atom. The standard InChI is InChI=1S/C18H22N2O5S/c1-13(2)20(11-9-17(21)22)18(23)15-8-10-19(12-15)26(24,25)16-6-4-14(3)5-7-16/h4-8,10,12-13H,9,11H2,1-3H3,(H,21,22). The minimum atomic E-state index is -3.79. The molecule has 0 spiro atoms. The van der Waals surface area contributed by atoms with E-state index in [1.165, 1.54) is 35.5 Å². The highest BCUT2D eigenvalue weighted by Gasteiger charge is 2.23. The number of aryl methyl sites for hydroxylation is 1. The molecule has 0 aliphatic carbocycles. The molecule has 0 saturated heterocycles. The summed E-state index contributed by atoms with van der Waals surface area (Å²) in [6.45, 7) is 5.47. The van der Waals surface area contributed by atoms with E-state index in [2.05, 4.69) is 0 Å². The lowest BCUT2D eigenvalue weighted by molar-refractivity contribution is -0.137. The molecule has 0 fully saturated rings. The van der Waals surface area contributed by atoms with Crippen molar-refractivity contribution >= 4 is 21.9 Å². The summed E-state index contributed by atoms with van der Waals surface area (Å²) in [4.78, 5) is 25.0. The van der Waals surface area contributed by atoms with Gasteiger partial charge in [0, 0.05) is 25.0 Å². The maximum Gasteiger partial charge on any atom is 0.305 e. The molecule has 2 aromatic rings. The number of aliphatic carboxylic acids is 1. The van der Waals surface area contributed by atoms with E-state index in [1.807, 2.05) is 6.92 Å². The largest absolute Gasteiger partial charge is 0.481 e. The lowest BCUT2D eigenvalue weighted by Crippen LogP contribution is -2.38. The van der Waals surface area contributed by atoms with Gasteiger partial charge in [0.1, 0.15) is 0 Å². The summed E-state index contributed by atoms with van der Waals surface area (Å²) < 4.78 is 26.3. The molecule has 26 heavy (non-hydrogen) atoms. The Kier molecular flexibility index (Phi) is 5.86. The van der Waals surface area contributed by atoms with Gasteiger partial charge in [0.25, 0.3) is 15.9 Å². The van der Waals surface area contributed by atoms with E-state index in [1.54, 1.807) is 26.0 Å². The van der Waals surface area contributed by atoms with E-state index >= 15 is 0 Å². The molecule has 0 atom stereocenters. The molecule has 0 aliphatic heterocycles. The summed E-state index contributed by atoms with van der Waals surface area (Å²) in [6, 6.07) is 7.64. The van der Waals surface area contributed by atoms with E-state index in [0.29, 0.717) is 0 Å². The molecule has 0 radical (unpaired) electrons. The van der Waals surface area contributed by atoms with Gasteiger partial charge in [0.05, 0.1) is 16.9 Å². The topological polar surface area (TPSA) is 96.7 Å². The lowest BCUT2D eigenvalue weighted by Gasteiger charge is -2.25. The molecular formula is C18H22N2O5S. The Bertz CT molecular complexity index is 898. The second-order valence-electron chi connectivity index (χ2n) is 6.28. The van der Waals surface area contributed by atoms with Crippen molar-refractivity contribution in [2.75, 3.05) is 6.54 Å². The SMILES string of the molecule is Cc1ccc(S(=O)(=O)n2ccc(C(=O)N(CCC(=O)O)C(C)C)c2)cc1. The second kappa shape index (κ2) is 7.74. The number of carbonyl (C=O) groups excluding carboxylic acids is 1. The van der Waals surface area contributed by atoms with Gasteiger partial charge in [-0.15, -0.1) is 0 Å². The number of nitrogens with zero attached hydrogens (tertiary/aromatic N) is 2. The van der Waals surface area contributed by atoms with Gasteiger partial charge in [0.2, 0.25) is 0 Å². The van der Waals surface area contributed by atoms with E-state index < -0.39 is 21.9 Å². The zero-order valence-corrected chi connectivity index (χ0v) is 15.7. The van der Waals surface area contributed by atoms with E-state index in [-0.39, 0.29) is 29.5 Å². The van der Waals surface area contributed by atoms with Crippen molar-refractivity contribution in [2.24, 2.45) is 0 Å². The Balaban J connectivity index is 2.28. The third-order valence-electron chi connectivity index (χ3n) is 3.96. The van der Waals surface area contributed by atoms with Gasteiger partial charge in [-0.3, -0.25) is 9.59 Å². The van der Waals surface area contributed by atoms with Crippen LogP contribution in [0.3, 0.4) is 0 Å². The smallest absolute Gasteiger partial charge is 0.305 e. The molecular weight excluding hydrogens is 356 g/mol. The van der Waals surface area contributed by atoms with Crippen LogP contribution in [0.1, 0.15) is 36.2 Å². The Morgan fingerprint density at radius 1 is 1.15 bits per heavy atom. The molecule has 1 heterocycles. The van der Waals surface area contributed by atoms with Crippen LogP contribution < -0.4 is 0 Å². The zero-order chi connectivity index (χ0) is 19.5. The molecule has 0 saturated carbocycles. The number of hydrogen-bond acceptors (Lipinski definition) is 4. The first-order chi connectivity index (χ1) is 12.1. The summed E-state index contributed by atoms with van der Waals surface area (Å²) in [5.74, 6) is -1.40. The van der Waals surface area contributed by atoms with Crippen LogP contribution in [0.5, 0.6) is 0 Å². The fraction of sp³-hybridized carbons (Fsp3) is 0.333. The summed E-state index contributed by atoms with van der Waals surface area (Å²) in [5, 5.41) is 8.83. The van der Waals surface area contributed by atoms with Crippen LogP contribution in [0, 0.1) is 6.92 Å². The van der Waals surface area contributed by atoms with E-state index in [0.717, 1.165) is 9.54 Å². The van der Waals surface area contributed by atoms with Gasteiger partial charge in [-0.05, 0) is 39.0 Å². The fourth-order valence-corrected chi connectivity index (χ4v) is 3.66. The van der Waals surface area contributed by atoms with Crippen molar-refractivity contribution in [1.29, 1.82) is 0 Å².